The predicted molar refractivity (Wildman–Crippen MR) is 69.4 cm³/mol. The van der Waals surface area contributed by atoms with E-state index in [0.29, 0.717) is 0 Å². The van der Waals surface area contributed by atoms with E-state index in [2.05, 4.69) is 23.7 Å². The first-order chi connectivity index (χ1) is 8.63. The van der Waals surface area contributed by atoms with E-state index in [1.165, 1.54) is 31.8 Å². The van der Waals surface area contributed by atoms with Gasteiger partial charge in [-0.2, -0.15) is 0 Å². The molecule has 0 N–H and O–H groups in total. The highest BCUT2D eigenvalue weighted by Gasteiger charge is 2.54. The summed E-state index contributed by atoms with van der Waals surface area (Å²) < 4.78 is 12.8. The summed E-state index contributed by atoms with van der Waals surface area (Å²) in [4.78, 5) is 6.60. The molecule has 18 heavy (non-hydrogen) atoms. The van der Waals surface area contributed by atoms with Crippen LogP contribution in [0.2, 0.25) is 0 Å². The van der Waals surface area contributed by atoms with E-state index < -0.39 is 0 Å². The molecule has 1 saturated carbocycles. The van der Waals surface area contributed by atoms with Crippen LogP contribution in [0.3, 0.4) is 0 Å². The molecule has 1 aromatic heterocycles. The van der Waals surface area contributed by atoms with Crippen molar-refractivity contribution < 1.29 is 4.39 Å². The largest absolute Gasteiger partial charge is 0.297 e. The van der Waals surface area contributed by atoms with Crippen LogP contribution in [0.5, 0.6) is 0 Å². The second kappa shape index (κ2) is 4.61. The quantitative estimate of drug-likeness (QED) is 0.814. The monoisotopic (exact) mass is 248 g/mol. The highest BCUT2D eigenvalue weighted by atomic mass is 19.1. The minimum absolute atomic E-state index is 0.250. The number of hydrogen-bond donors (Lipinski definition) is 0. The van der Waals surface area contributed by atoms with Gasteiger partial charge >= 0.3 is 0 Å². The Morgan fingerprint density at radius 3 is 2.61 bits per heavy atom. The third kappa shape index (κ3) is 2.41. The van der Waals surface area contributed by atoms with Gasteiger partial charge < -0.3 is 0 Å². The van der Waals surface area contributed by atoms with Gasteiger partial charge in [-0.3, -0.25) is 9.88 Å². The van der Waals surface area contributed by atoms with Crippen molar-refractivity contribution in [2.24, 2.45) is 23.7 Å². The van der Waals surface area contributed by atoms with Gasteiger partial charge in [0.2, 0.25) is 0 Å². The molecule has 1 aliphatic carbocycles. The number of piperidine rings is 1. The first-order valence-electron chi connectivity index (χ1n) is 6.96. The van der Waals surface area contributed by atoms with Crippen molar-refractivity contribution in [1.29, 1.82) is 0 Å². The Balaban J connectivity index is 1.50. The minimum atomic E-state index is -0.250. The van der Waals surface area contributed by atoms with Crippen LogP contribution in [0.25, 0.3) is 0 Å². The molecule has 0 bridgehead atoms. The minimum Gasteiger partial charge on any atom is -0.297 e. The third-order valence-electron chi connectivity index (χ3n) is 4.36. The Morgan fingerprint density at radius 2 is 2.06 bits per heavy atom. The molecule has 2 heterocycles. The first-order valence-corrected chi connectivity index (χ1v) is 6.96. The van der Waals surface area contributed by atoms with Crippen molar-refractivity contribution in [2.75, 3.05) is 13.1 Å². The number of nitrogens with zero attached hydrogens (tertiary/aromatic N) is 2. The van der Waals surface area contributed by atoms with Gasteiger partial charge in [-0.1, -0.05) is 13.8 Å². The number of aromatic nitrogens is 1. The number of pyridine rings is 1. The molecule has 3 atom stereocenters. The van der Waals surface area contributed by atoms with Crippen molar-refractivity contribution in [2.45, 2.75) is 26.8 Å². The summed E-state index contributed by atoms with van der Waals surface area (Å²) in [7, 11) is 0. The van der Waals surface area contributed by atoms with Gasteiger partial charge in [0.25, 0.3) is 0 Å². The Labute approximate surface area is 108 Å². The second-order valence-electron chi connectivity index (χ2n) is 6.28. The molecule has 98 valence electrons. The summed E-state index contributed by atoms with van der Waals surface area (Å²) >= 11 is 0. The summed E-state index contributed by atoms with van der Waals surface area (Å²) in [6, 6.07) is 3.30. The van der Waals surface area contributed by atoms with Crippen molar-refractivity contribution in [3.63, 3.8) is 0 Å². The van der Waals surface area contributed by atoms with Crippen LogP contribution in [0.1, 0.15) is 26.0 Å². The average Bonchev–Trinajstić information content (AvgIpc) is 2.78. The number of likely N-dealkylation sites (tertiary alicyclic amines) is 1. The van der Waals surface area contributed by atoms with E-state index in [9.17, 15) is 4.39 Å². The predicted octanol–water partition coefficient (Wildman–Crippen LogP) is 2.94. The van der Waals surface area contributed by atoms with Gasteiger partial charge in [0.05, 0.1) is 11.9 Å². The van der Waals surface area contributed by atoms with Crippen LogP contribution in [-0.4, -0.2) is 23.0 Å². The lowest BCUT2D eigenvalue weighted by atomic mass is 10.0. The summed E-state index contributed by atoms with van der Waals surface area (Å²) in [5, 5.41) is 0. The van der Waals surface area contributed by atoms with E-state index in [1.807, 2.05) is 0 Å². The molecule has 2 nitrogen and oxygen atoms in total. The molecular weight excluding hydrogens is 227 g/mol. The molecule has 1 aliphatic heterocycles. The molecule has 0 amide bonds. The molecule has 0 radical (unpaired) electrons. The lowest BCUT2D eigenvalue weighted by Crippen LogP contribution is -2.24. The van der Waals surface area contributed by atoms with Crippen molar-refractivity contribution in [1.82, 2.24) is 9.88 Å². The summed E-state index contributed by atoms with van der Waals surface area (Å²) in [6.07, 6.45) is 2.70. The van der Waals surface area contributed by atoms with Crippen molar-refractivity contribution in [3.05, 3.63) is 29.8 Å². The van der Waals surface area contributed by atoms with Gasteiger partial charge in [0.1, 0.15) is 5.82 Å². The summed E-state index contributed by atoms with van der Waals surface area (Å²) in [5.41, 5.74) is 0.984. The van der Waals surface area contributed by atoms with Gasteiger partial charge in [-0.15, -0.1) is 0 Å². The van der Waals surface area contributed by atoms with Crippen LogP contribution in [0.4, 0.5) is 4.39 Å². The summed E-state index contributed by atoms with van der Waals surface area (Å²) in [5.74, 6) is 3.40. The lowest BCUT2D eigenvalue weighted by molar-refractivity contribution is 0.265. The highest BCUT2D eigenvalue weighted by molar-refractivity contribution is 5.09. The average molecular weight is 248 g/mol. The molecule has 3 rings (SSSR count). The third-order valence-corrected chi connectivity index (χ3v) is 4.36. The van der Waals surface area contributed by atoms with E-state index in [0.717, 1.165) is 35.9 Å². The topological polar surface area (TPSA) is 16.1 Å². The van der Waals surface area contributed by atoms with Crippen molar-refractivity contribution in [3.8, 4) is 0 Å². The van der Waals surface area contributed by atoms with E-state index >= 15 is 0 Å². The number of rotatable bonds is 4. The van der Waals surface area contributed by atoms with Crippen LogP contribution in [0.15, 0.2) is 18.3 Å². The maximum atomic E-state index is 12.8. The van der Waals surface area contributed by atoms with Crippen LogP contribution in [-0.2, 0) is 6.54 Å². The molecule has 2 fully saturated rings. The van der Waals surface area contributed by atoms with Gasteiger partial charge in [-0.05, 0) is 42.2 Å². The lowest BCUT2D eigenvalue weighted by Gasteiger charge is -2.19. The molecule has 1 aromatic rings. The zero-order valence-corrected chi connectivity index (χ0v) is 11.1. The molecule has 3 heteroatoms. The Hall–Kier alpha value is -0.960. The standard InChI is InChI=1S/C15H21FN2/c1-10(2)5-13-14-8-18(9-15(13)14)7-12-4-3-11(16)6-17-12/h3-4,6,10,13-15H,5,7-9H2,1-2H3/t13?,14-,15+. The number of hydrogen-bond acceptors (Lipinski definition) is 2. The highest BCUT2D eigenvalue weighted by Crippen LogP contribution is 2.54. The SMILES string of the molecule is CC(C)CC1[C@H]2CN(Cc3ccc(F)cn3)C[C@@H]12. The van der Waals surface area contributed by atoms with Crippen LogP contribution < -0.4 is 0 Å². The fourth-order valence-corrected chi connectivity index (χ4v) is 3.49. The van der Waals surface area contributed by atoms with Gasteiger partial charge in [-0.25, -0.2) is 4.39 Å². The van der Waals surface area contributed by atoms with E-state index in [4.69, 9.17) is 0 Å². The van der Waals surface area contributed by atoms with E-state index in [1.54, 1.807) is 6.07 Å². The molecule has 1 saturated heterocycles. The zero-order chi connectivity index (χ0) is 12.7. The smallest absolute Gasteiger partial charge is 0.141 e. The van der Waals surface area contributed by atoms with Gasteiger partial charge in [0, 0.05) is 19.6 Å². The first kappa shape index (κ1) is 12.1. The van der Waals surface area contributed by atoms with Gasteiger partial charge in [0.15, 0.2) is 0 Å². The number of halogens is 1. The normalized spacial score (nSPS) is 30.8. The Morgan fingerprint density at radius 1 is 1.33 bits per heavy atom. The van der Waals surface area contributed by atoms with Crippen LogP contribution >= 0.6 is 0 Å². The Kier molecular flexibility index (Phi) is 3.10. The van der Waals surface area contributed by atoms with Crippen molar-refractivity contribution >= 4 is 0 Å². The molecule has 0 aromatic carbocycles. The molecular formula is C15H21FN2. The molecule has 2 aliphatic rings. The molecule has 1 unspecified atom stereocenters. The van der Waals surface area contributed by atoms with Crippen LogP contribution in [0, 0.1) is 29.5 Å². The maximum absolute atomic E-state index is 12.8. The Bertz CT molecular complexity index is 403. The maximum Gasteiger partial charge on any atom is 0.141 e. The zero-order valence-electron chi connectivity index (χ0n) is 11.1. The second-order valence-corrected chi connectivity index (χ2v) is 6.28. The fourth-order valence-electron chi connectivity index (χ4n) is 3.49. The summed E-state index contributed by atoms with van der Waals surface area (Å²) in [6.45, 7) is 7.92. The fraction of sp³-hybridized carbons (Fsp3) is 0.667. The van der Waals surface area contributed by atoms with E-state index in [-0.39, 0.29) is 5.82 Å². The number of fused-ring (bicyclic) bond motifs is 1. The molecule has 0 spiro atoms.